The number of hydrogen-bond donors (Lipinski definition) is 1. The predicted molar refractivity (Wildman–Crippen MR) is 99.9 cm³/mol. The smallest absolute Gasteiger partial charge is 0.0757 e. The van der Waals surface area contributed by atoms with E-state index in [1.54, 1.807) is 0 Å². The number of thioether (sulfide) groups is 1. The first kappa shape index (κ1) is 20.3. The van der Waals surface area contributed by atoms with Crippen molar-refractivity contribution in [3.8, 4) is 0 Å². The molecule has 1 atom stereocenters. The molecule has 1 rings (SSSR count). The molecule has 0 bridgehead atoms. The summed E-state index contributed by atoms with van der Waals surface area (Å²) in [6.45, 7) is 7.62. The molecule has 1 heterocycles. The van der Waals surface area contributed by atoms with Crippen molar-refractivity contribution in [2.75, 3.05) is 51.3 Å². The highest BCUT2D eigenvalue weighted by molar-refractivity contribution is 7.99. The molecule has 0 spiro atoms. The first-order valence-electron chi connectivity index (χ1n) is 9.39. The van der Waals surface area contributed by atoms with Crippen LogP contribution in [0.15, 0.2) is 0 Å². The second-order valence-electron chi connectivity index (χ2n) is 6.81. The van der Waals surface area contributed by atoms with Gasteiger partial charge in [0.05, 0.1) is 6.10 Å². The lowest BCUT2D eigenvalue weighted by atomic mass is 10.1. The first-order chi connectivity index (χ1) is 10.7. The van der Waals surface area contributed by atoms with Gasteiger partial charge >= 0.3 is 0 Å². The highest BCUT2D eigenvalue weighted by atomic mass is 32.2. The topological polar surface area (TPSA) is 26.7 Å². The summed E-state index contributed by atoms with van der Waals surface area (Å²) < 4.78 is 0. The summed E-state index contributed by atoms with van der Waals surface area (Å²) in [5, 5.41) is 10.1. The molecule has 0 amide bonds. The molecule has 1 unspecified atom stereocenters. The molecule has 0 aromatic carbocycles. The summed E-state index contributed by atoms with van der Waals surface area (Å²) in [7, 11) is 2.17. The minimum Gasteiger partial charge on any atom is -0.391 e. The Morgan fingerprint density at radius 1 is 0.909 bits per heavy atom. The molecule has 0 radical (unpaired) electrons. The lowest BCUT2D eigenvalue weighted by molar-refractivity contribution is 0.0921. The van der Waals surface area contributed by atoms with Gasteiger partial charge < -0.3 is 10.0 Å². The molecule has 1 fully saturated rings. The van der Waals surface area contributed by atoms with E-state index in [4.69, 9.17) is 0 Å². The van der Waals surface area contributed by atoms with E-state index in [1.807, 2.05) is 11.8 Å². The molecule has 1 N–H and O–H groups in total. The number of hydrogen-bond acceptors (Lipinski definition) is 4. The van der Waals surface area contributed by atoms with E-state index >= 15 is 0 Å². The Morgan fingerprint density at radius 3 is 2.14 bits per heavy atom. The van der Waals surface area contributed by atoms with Gasteiger partial charge in [-0.15, -0.1) is 0 Å². The average Bonchev–Trinajstić information content (AvgIpc) is 2.51. The van der Waals surface area contributed by atoms with Crippen molar-refractivity contribution < 1.29 is 5.11 Å². The summed E-state index contributed by atoms with van der Waals surface area (Å²) in [4.78, 5) is 4.77. The fourth-order valence-electron chi connectivity index (χ4n) is 2.94. The molecule has 0 aromatic rings. The molecule has 22 heavy (non-hydrogen) atoms. The molecule has 1 aliphatic rings. The van der Waals surface area contributed by atoms with Crippen molar-refractivity contribution in [3.05, 3.63) is 0 Å². The summed E-state index contributed by atoms with van der Waals surface area (Å²) in [6, 6.07) is 0. The van der Waals surface area contributed by atoms with Crippen LogP contribution in [0.3, 0.4) is 0 Å². The standard InChI is InChI=1S/C18H38N2OS/c1-3-4-5-6-7-8-9-10-15-22-17-18(21)16-20-13-11-19(2)12-14-20/h18,21H,3-17H2,1-2H3. The van der Waals surface area contributed by atoms with E-state index in [0.717, 1.165) is 38.5 Å². The fraction of sp³-hybridized carbons (Fsp3) is 1.00. The Hall–Kier alpha value is 0.230. The van der Waals surface area contributed by atoms with Crippen molar-refractivity contribution in [3.63, 3.8) is 0 Å². The minimum atomic E-state index is -0.151. The van der Waals surface area contributed by atoms with Crippen LogP contribution >= 0.6 is 11.8 Å². The van der Waals surface area contributed by atoms with Crippen LogP contribution in [0, 0.1) is 0 Å². The van der Waals surface area contributed by atoms with Gasteiger partial charge in [0.15, 0.2) is 0 Å². The van der Waals surface area contributed by atoms with E-state index in [1.165, 1.54) is 57.1 Å². The molecule has 3 nitrogen and oxygen atoms in total. The Balaban J connectivity index is 1.83. The second kappa shape index (κ2) is 13.6. The maximum absolute atomic E-state index is 10.1. The lowest BCUT2D eigenvalue weighted by Crippen LogP contribution is -2.47. The van der Waals surface area contributed by atoms with Gasteiger partial charge in [-0.2, -0.15) is 11.8 Å². The van der Waals surface area contributed by atoms with Crippen LogP contribution in [-0.4, -0.2) is 72.3 Å². The van der Waals surface area contributed by atoms with Crippen LogP contribution in [0.1, 0.15) is 58.3 Å². The van der Waals surface area contributed by atoms with Gasteiger partial charge in [-0.3, -0.25) is 4.90 Å². The van der Waals surface area contributed by atoms with Gasteiger partial charge in [0.2, 0.25) is 0 Å². The quantitative estimate of drug-likeness (QED) is 0.523. The zero-order chi connectivity index (χ0) is 16.0. The largest absolute Gasteiger partial charge is 0.391 e. The molecule has 132 valence electrons. The minimum absolute atomic E-state index is 0.151. The summed E-state index contributed by atoms with van der Waals surface area (Å²) in [5.41, 5.74) is 0. The third-order valence-corrected chi connectivity index (χ3v) is 5.72. The Kier molecular flexibility index (Phi) is 12.6. The summed E-state index contributed by atoms with van der Waals surface area (Å²) in [6.07, 6.45) is 10.9. The molecule has 4 heteroatoms. The van der Waals surface area contributed by atoms with Gasteiger partial charge in [0.25, 0.3) is 0 Å². The maximum Gasteiger partial charge on any atom is 0.0757 e. The van der Waals surface area contributed by atoms with Gasteiger partial charge in [-0.25, -0.2) is 0 Å². The number of piperazine rings is 1. The highest BCUT2D eigenvalue weighted by Gasteiger charge is 2.16. The summed E-state index contributed by atoms with van der Waals surface area (Å²) in [5.74, 6) is 2.12. The number of unbranched alkanes of at least 4 members (excludes halogenated alkanes) is 7. The highest BCUT2D eigenvalue weighted by Crippen LogP contribution is 2.12. The molecule has 0 saturated carbocycles. The van der Waals surface area contributed by atoms with Crippen molar-refractivity contribution in [1.82, 2.24) is 9.80 Å². The van der Waals surface area contributed by atoms with Gasteiger partial charge in [-0.1, -0.05) is 51.9 Å². The van der Waals surface area contributed by atoms with Crippen molar-refractivity contribution in [2.45, 2.75) is 64.4 Å². The van der Waals surface area contributed by atoms with Gasteiger partial charge in [0, 0.05) is 38.5 Å². The monoisotopic (exact) mass is 330 g/mol. The van der Waals surface area contributed by atoms with Crippen LogP contribution < -0.4 is 0 Å². The molecule has 0 aliphatic carbocycles. The average molecular weight is 331 g/mol. The number of aliphatic hydroxyl groups is 1. The Morgan fingerprint density at radius 2 is 1.50 bits per heavy atom. The van der Waals surface area contributed by atoms with Crippen molar-refractivity contribution in [2.24, 2.45) is 0 Å². The number of nitrogens with zero attached hydrogens (tertiary/aromatic N) is 2. The van der Waals surface area contributed by atoms with Crippen LogP contribution in [0.25, 0.3) is 0 Å². The predicted octanol–water partition coefficient (Wildman–Crippen LogP) is 3.47. The SMILES string of the molecule is CCCCCCCCCCSCC(O)CN1CCN(C)CC1. The molecular formula is C18H38N2OS. The Labute approximate surface area is 142 Å². The third-order valence-electron chi connectivity index (χ3n) is 4.52. The van der Waals surface area contributed by atoms with E-state index in [9.17, 15) is 5.11 Å². The number of likely N-dealkylation sites (N-methyl/N-ethyl adjacent to an activating group) is 1. The van der Waals surface area contributed by atoms with E-state index in [0.29, 0.717) is 0 Å². The van der Waals surface area contributed by atoms with Crippen LogP contribution in [0.2, 0.25) is 0 Å². The molecular weight excluding hydrogens is 292 g/mol. The maximum atomic E-state index is 10.1. The fourth-order valence-corrected chi connectivity index (χ4v) is 3.89. The lowest BCUT2D eigenvalue weighted by Gasteiger charge is -2.33. The number of β-amino-alcohol motifs (C(OH)–C–C–N with tert-alkyl or cyclic N) is 1. The van der Waals surface area contributed by atoms with Crippen LogP contribution in [-0.2, 0) is 0 Å². The molecule has 1 saturated heterocycles. The van der Waals surface area contributed by atoms with Crippen LogP contribution in [0.4, 0.5) is 0 Å². The van der Waals surface area contributed by atoms with Crippen LogP contribution in [0.5, 0.6) is 0 Å². The molecule has 0 aromatic heterocycles. The first-order valence-corrected chi connectivity index (χ1v) is 10.5. The van der Waals surface area contributed by atoms with Gasteiger partial charge in [-0.05, 0) is 19.2 Å². The molecule has 1 aliphatic heterocycles. The number of rotatable bonds is 13. The van der Waals surface area contributed by atoms with E-state index in [-0.39, 0.29) is 6.10 Å². The van der Waals surface area contributed by atoms with Gasteiger partial charge in [0.1, 0.15) is 0 Å². The zero-order valence-corrected chi connectivity index (χ0v) is 15.8. The normalized spacial score (nSPS) is 18.7. The summed E-state index contributed by atoms with van der Waals surface area (Å²) >= 11 is 1.94. The second-order valence-corrected chi connectivity index (χ2v) is 7.96. The van der Waals surface area contributed by atoms with E-state index in [2.05, 4.69) is 23.8 Å². The third kappa shape index (κ3) is 10.9. The Bertz CT molecular complexity index is 245. The van der Waals surface area contributed by atoms with Crippen molar-refractivity contribution in [1.29, 1.82) is 0 Å². The van der Waals surface area contributed by atoms with Crippen molar-refractivity contribution >= 4 is 11.8 Å². The zero-order valence-electron chi connectivity index (χ0n) is 14.9. The van der Waals surface area contributed by atoms with E-state index < -0.39 is 0 Å². The number of aliphatic hydroxyl groups excluding tert-OH is 1.